The average molecular weight is 194 g/mol. The number of nitrogens with zero attached hydrogens (tertiary/aromatic N) is 2. The van der Waals surface area contributed by atoms with E-state index < -0.39 is 0 Å². The molecule has 1 amide bonds. The zero-order valence-corrected chi connectivity index (χ0v) is 9.21. The largest absolute Gasteiger partial charge is 0.365 e. The van der Waals surface area contributed by atoms with Gasteiger partial charge in [0.25, 0.3) is 0 Å². The molecule has 2 rings (SSSR count). The molecule has 2 heterocycles. The van der Waals surface area contributed by atoms with Gasteiger partial charge in [0.1, 0.15) is 0 Å². The fourth-order valence-electron chi connectivity index (χ4n) is 2.34. The van der Waals surface area contributed by atoms with Crippen LogP contribution in [0.4, 0.5) is 0 Å². The molecule has 0 N–H and O–H groups in total. The Morgan fingerprint density at radius 2 is 2.21 bits per heavy atom. The molecule has 0 aromatic heterocycles. The van der Waals surface area contributed by atoms with Crippen molar-refractivity contribution in [1.82, 2.24) is 9.80 Å². The standard InChI is InChI=1S/C11H18N2O/c1-4-11(14)12-5-6-13-9(3)8(2)10(13)7-12/h9H,4-7H2,1-3H3. The molecule has 0 radical (unpaired) electrons. The molecule has 0 aliphatic carbocycles. The molecule has 1 saturated heterocycles. The maximum absolute atomic E-state index is 11.5. The molecule has 2 aliphatic heterocycles. The summed E-state index contributed by atoms with van der Waals surface area (Å²) in [6.45, 7) is 9.09. The Morgan fingerprint density at radius 3 is 2.86 bits per heavy atom. The Kier molecular flexibility index (Phi) is 2.25. The zero-order chi connectivity index (χ0) is 10.3. The average Bonchev–Trinajstić information content (AvgIpc) is 2.26. The van der Waals surface area contributed by atoms with Gasteiger partial charge in [-0.3, -0.25) is 4.79 Å². The SMILES string of the molecule is CCC(=O)N1CCN2C(=C(C)C2C)C1. The number of fused-ring (bicyclic) bond motifs is 1. The minimum Gasteiger partial charge on any atom is -0.365 e. The number of amides is 1. The van der Waals surface area contributed by atoms with Crippen molar-refractivity contribution in [2.24, 2.45) is 0 Å². The first kappa shape index (κ1) is 9.56. The lowest BCUT2D eigenvalue weighted by Gasteiger charge is -2.50. The van der Waals surface area contributed by atoms with Gasteiger partial charge in [-0.15, -0.1) is 0 Å². The summed E-state index contributed by atoms with van der Waals surface area (Å²) in [4.78, 5) is 15.9. The lowest BCUT2D eigenvalue weighted by molar-refractivity contribution is -0.132. The molecule has 0 saturated carbocycles. The molecule has 0 aromatic rings. The van der Waals surface area contributed by atoms with E-state index in [0.717, 1.165) is 19.6 Å². The maximum atomic E-state index is 11.5. The minimum absolute atomic E-state index is 0.282. The van der Waals surface area contributed by atoms with Gasteiger partial charge in [-0.25, -0.2) is 0 Å². The van der Waals surface area contributed by atoms with Crippen LogP contribution in [0.3, 0.4) is 0 Å². The van der Waals surface area contributed by atoms with Gasteiger partial charge in [-0.1, -0.05) is 6.92 Å². The monoisotopic (exact) mass is 194 g/mol. The summed E-state index contributed by atoms with van der Waals surface area (Å²) in [6.07, 6.45) is 0.627. The first-order valence-corrected chi connectivity index (χ1v) is 5.39. The molecule has 0 aromatic carbocycles. The van der Waals surface area contributed by atoms with Gasteiger partial charge in [-0.05, 0) is 19.4 Å². The molecule has 0 spiro atoms. The highest BCUT2D eigenvalue weighted by Gasteiger charge is 2.35. The van der Waals surface area contributed by atoms with Crippen molar-refractivity contribution < 1.29 is 4.79 Å². The summed E-state index contributed by atoms with van der Waals surface area (Å²) < 4.78 is 0. The molecular weight excluding hydrogens is 176 g/mol. The molecule has 1 atom stereocenters. The van der Waals surface area contributed by atoms with Gasteiger partial charge in [0.15, 0.2) is 0 Å². The normalized spacial score (nSPS) is 26.1. The quantitative estimate of drug-likeness (QED) is 0.626. The second kappa shape index (κ2) is 3.30. The number of hydrogen-bond donors (Lipinski definition) is 0. The van der Waals surface area contributed by atoms with Crippen molar-refractivity contribution in [3.63, 3.8) is 0 Å². The van der Waals surface area contributed by atoms with E-state index in [1.165, 1.54) is 11.3 Å². The van der Waals surface area contributed by atoms with E-state index in [9.17, 15) is 4.79 Å². The van der Waals surface area contributed by atoms with Crippen LogP contribution in [-0.4, -0.2) is 41.4 Å². The molecule has 1 fully saturated rings. The van der Waals surface area contributed by atoms with Crippen LogP contribution in [0.5, 0.6) is 0 Å². The van der Waals surface area contributed by atoms with E-state index in [1.54, 1.807) is 0 Å². The van der Waals surface area contributed by atoms with E-state index in [1.807, 2.05) is 11.8 Å². The first-order chi connectivity index (χ1) is 6.65. The predicted molar refractivity (Wildman–Crippen MR) is 55.7 cm³/mol. The van der Waals surface area contributed by atoms with E-state index >= 15 is 0 Å². The number of carbonyl (C=O) groups is 1. The fourth-order valence-corrected chi connectivity index (χ4v) is 2.34. The third kappa shape index (κ3) is 1.22. The Labute approximate surface area is 85.4 Å². The highest BCUT2D eigenvalue weighted by atomic mass is 16.2. The van der Waals surface area contributed by atoms with Crippen molar-refractivity contribution in [1.29, 1.82) is 0 Å². The van der Waals surface area contributed by atoms with Crippen molar-refractivity contribution >= 4 is 5.91 Å². The van der Waals surface area contributed by atoms with Crippen molar-refractivity contribution in [2.75, 3.05) is 19.6 Å². The summed E-state index contributed by atoms with van der Waals surface area (Å²) in [5, 5.41) is 0. The molecule has 14 heavy (non-hydrogen) atoms. The molecule has 3 nitrogen and oxygen atoms in total. The van der Waals surface area contributed by atoms with E-state index in [0.29, 0.717) is 12.5 Å². The van der Waals surface area contributed by atoms with Crippen LogP contribution in [0.15, 0.2) is 11.3 Å². The maximum Gasteiger partial charge on any atom is 0.222 e. The van der Waals surface area contributed by atoms with E-state index in [-0.39, 0.29) is 5.91 Å². The smallest absolute Gasteiger partial charge is 0.222 e. The Hall–Kier alpha value is -0.990. The number of hydrogen-bond acceptors (Lipinski definition) is 2. The summed E-state index contributed by atoms with van der Waals surface area (Å²) in [5.41, 5.74) is 2.84. The van der Waals surface area contributed by atoms with Gasteiger partial charge in [0, 0.05) is 31.2 Å². The van der Waals surface area contributed by atoms with Crippen molar-refractivity contribution in [3.8, 4) is 0 Å². The topological polar surface area (TPSA) is 23.6 Å². The van der Waals surface area contributed by atoms with Gasteiger partial charge in [0.2, 0.25) is 5.91 Å². The molecular formula is C11H18N2O. The summed E-state index contributed by atoms with van der Waals surface area (Å²) in [7, 11) is 0. The van der Waals surface area contributed by atoms with Crippen LogP contribution in [0.1, 0.15) is 27.2 Å². The molecule has 1 unspecified atom stereocenters. The van der Waals surface area contributed by atoms with E-state index in [4.69, 9.17) is 0 Å². The summed E-state index contributed by atoms with van der Waals surface area (Å²) >= 11 is 0. The van der Waals surface area contributed by atoms with Crippen molar-refractivity contribution in [2.45, 2.75) is 33.2 Å². The van der Waals surface area contributed by atoms with Crippen molar-refractivity contribution in [3.05, 3.63) is 11.3 Å². The van der Waals surface area contributed by atoms with Gasteiger partial charge >= 0.3 is 0 Å². The summed E-state index contributed by atoms with van der Waals surface area (Å²) in [6, 6.07) is 0.601. The Bertz CT molecular complexity index is 296. The minimum atomic E-state index is 0.282. The van der Waals surface area contributed by atoms with Gasteiger partial charge in [-0.2, -0.15) is 0 Å². The number of piperazine rings is 1. The molecule has 3 heteroatoms. The van der Waals surface area contributed by atoms with Gasteiger partial charge < -0.3 is 9.80 Å². The van der Waals surface area contributed by atoms with Crippen LogP contribution in [-0.2, 0) is 4.79 Å². The lowest BCUT2D eigenvalue weighted by Crippen LogP contribution is -2.56. The second-order valence-electron chi connectivity index (χ2n) is 4.17. The molecule has 2 aliphatic rings. The Morgan fingerprint density at radius 1 is 1.50 bits per heavy atom. The van der Waals surface area contributed by atoms with Crippen LogP contribution < -0.4 is 0 Å². The zero-order valence-electron chi connectivity index (χ0n) is 9.21. The number of carbonyl (C=O) groups excluding carboxylic acids is 1. The highest BCUT2D eigenvalue weighted by Crippen LogP contribution is 2.33. The number of rotatable bonds is 1. The fraction of sp³-hybridized carbons (Fsp3) is 0.727. The predicted octanol–water partition coefficient (Wildman–Crippen LogP) is 1.22. The first-order valence-electron chi connectivity index (χ1n) is 5.39. The molecule has 0 bridgehead atoms. The lowest BCUT2D eigenvalue weighted by atomic mass is 9.94. The van der Waals surface area contributed by atoms with Crippen LogP contribution in [0.2, 0.25) is 0 Å². The van der Waals surface area contributed by atoms with Gasteiger partial charge in [0.05, 0.1) is 6.54 Å². The Balaban J connectivity index is 2.08. The third-order valence-electron chi connectivity index (χ3n) is 3.50. The van der Waals surface area contributed by atoms with Crippen LogP contribution >= 0.6 is 0 Å². The van der Waals surface area contributed by atoms with Crippen LogP contribution in [0.25, 0.3) is 0 Å². The summed E-state index contributed by atoms with van der Waals surface area (Å²) in [5.74, 6) is 0.282. The third-order valence-corrected chi connectivity index (χ3v) is 3.50. The van der Waals surface area contributed by atoms with E-state index in [2.05, 4.69) is 18.7 Å². The second-order valence-corrected chi connectivity index (χ2v) is 4.17. The molecule has 78 valence electrons. The van der Waals surface area contributed by atoms with Crippen LogP contribution in [0, 0.1) is 0 Å². The highest BCUT2D eigenvalue weighted by molar-refractivity contribution is 5.76.